The highest BCUT2D eigenvalue weighted by molar-refractivity contribution is 6.00. The van der Waals surface area contributed by atoms with Gasteiger partial charge in [0.15, 0.2) is 5.78 Å². The van der Waals surface area contributed by atoms with E-state index in [0.717, 1.165) is 0 Å². The highest BCUT2D eigenvalue weighted by Crippen LogP contribution is 2.31. The van der Waals surface area contributed by atoms with Crippen molar-refractivity contribution in [2.45, 2.75) is 12.3 Å². The van der Waals surface area contributed by atoms with E-state index in [-0.39, 0.29) is 17.8 Å². The van der Waals surface area contributed by atoms with Gasteiger partial charge in [-0.1, -0.05) is 12.1 Å². The summed E-state index contributed by atoms with van der Waals surface area (Å²) in [4.78, 5) is 37.5. The van der Waals surface area contributed by atoms with Crippen molar-refractivity contribution < 1.29 is 28.2 Å². The molecule has 0 radical (unpaired) electrons. The number of benzene rings is 2. The lowest BCUT2D eigenvalue weighted by Crippen LogP contribution is -2.20. The van der Waals surface area contributed by atoms with Gasteiger partial charge >= 0.3 is 11.6 Å². The number of ether oxygens (including phenoxy) is 3. The lowest BCUT2D eigenvalue weighted by atomic mass is 9.89. The minimum absolute atomic E-state index is 0.176. The van der Waals surface area contributed by atoms with E-state index in [4.69, 9.17) is 18.6 Å². The Bertz CT molecular complexity index is 1110. The van der Waals surface area contributed by atoms with Crippen molar-refractivity contribution in [3.8, 4) is 11.5 Å². The Morgan fingerprint density at radius 2 is 1.69 bits per heavy atom. The molecule has 1 unspecified atom stereocenters. The van der Waals surface area contributed by atoms with Crippen molar-refractivity contribution in [1.82, 2.24) is 0 Å². The molecule has 7 nitrogen and oxygen atoms in total. The number of rotatable bonds is 7. The molecule has 0 N–H and O–H groups in total. The molecule has 150 valence electrons. The summed E-state index contributed by atoms with van der Waals surface area (Å²) in [6, 6.07) is 12.8. The normalized spacial score (nSPS) is 11.7. The molecular formula is C22H20O7. The average molecular weight is 396 g/mol. The van der Waals surface area contributed by atoms with E-state index in [1.54, 1.807) is 42.5 Å². The number of Topliss-reactive ketones (excluding diaryl/α,β-unsaturated/α-hetero) is 1. The summed E-state index contributed by atoms with van der Waals surface area (Å²) in [5.74, 6) is -0.847. The Hall–Kier alpha value is -3.61. The Labute approximate surface area is 166 Å². The smallest absolute Gasteiger partial charge is 0.336 e. The van der Waals surface area contributed by atoms with Crippen molar-refractivity contribution in [3.05, 3.63) is 70.1 Å². The molecule has 0 fully saturated rings. The Morgan fingerprint density at radius 1 is 0.966 bits per heavy atom. The molecule has 29 heavy (non-hydrogen) atoms. The van der Waals surface area contributed by atoms with Gasteiger partial charge in [0.25, 0.3) is 0 Å². The molecule has 0 bridgehead atoms. The van der Waals surface area contributed by atoms with Crippen molar-refractivity contribution in [3.63, 3.8) is 0 Å². The maximum absolute atomic E-state index is 12.9. The molecule has 7 heteroatoms. The standard InChI is InChI=1S/C22H20O7/c1-26-14-6-4-5-13(9-14)19(23)11-18(22(25)28-3)17-12-21(24)29-20-10-15(27-2)7-8-16(17)20/h4-10,12,18H,11H2,1-3H3. The van der Waals surface area contributed by atoms with Gasteiger partial charge in [-0.3, -0.25) is 9.59 Å². The van der Waals surface area contributed by atoms with Crippen LogP contribution >= 0.6 is 0 Å². The van der Waals surface area contributed by atoms with Gasteiger partial charge in [-0.2, -0.15) is 0 Å². The van der Waals surface area contributed by atoms with Gasteiger partial charge in [-0.25, -0.2) is 4.79 Å². The molecule has 0 aliphatic carbocycles. The fourth-order valence-corrected chi connectivity index (χ4v) is 3.15. The zero-order valence-electron chi connectivity index (χ0n) is 16.3. The predicted molar refractivity (Wildman–Crippen MR) is 106 cm³/mol. The zero-order valence-corrected chi connectivity index (χ0v) is 16.3. The van der Waals surface area contributed by atoms with E-state index in [1.165, 1.54) is 27.4 Å². The van der Waals surface area contributed by atoms with Crippen molar-refractivity contribution in [1.29, 1.82) is 0 Å². The molecule has 3 rings (SSSR count). The first-order valence-electron chi connectivity index (χ1n) is 8.83. The Morgan fingerprint density at radius 3 is 2.38 bits per heavy atom. The molecule has 0 amide bonds. The second-order valence-electron chi connectivity index (χ2n) is 6.32. The number of fused-ring (bicyclic) bond motifs is 1. The largest absolute Gasteiger partial charge is 0.497 e. The lowest BCUT2D eigenvalue weighted by Gasteiger charge is -2.16. The zero-order chi connectivity index (χ0) is 21.0. The maximum Gasteiger partial charge on any atom is 0.336 e. The molecule has 1 atom stereocenters. The van der Waals surface area contributed by atoms with Crippen LogP contribution in [-0.2, 0) is 9.53 Å². The number of methoxy groups -OCH3 is 3. The van der Waals surface area contributed by atoms with E-state index in [9.17, 15) is 14.4 Å². The highest BCUT2D eigenvalue weighted by Gasteiger charge is 2.28. The summed E-state index contributed by atoms with van der Waals surface area (Å²) >= 11 is 0. The Kier molecular flexibility index (Phi) is 5.97. The Balaban J connectivity index is 2.06. The van der Waals surface area contributed by atoms with Gasteiger partial charge in [0.1, 0.15) is 17.1 Å². The number of hydrogen-bond acceptors (Lipinski definition) is 7. The lowest BCUT2D eigenvalue weighted by molar-refractivity contribution is -0.142. The third kappa shape index (κ3) is 4.29. The molecule has 1 aromatic heterocycles. The van der Waals surface area contributed by atoms with E-state index >= 15 is 0 Å². The molecule has 0 spiro atoms. The van der Waals surface area contributed by atoms with Crippen LogP contribution in [0.2, 0.25) is 0 Å². The number of hydrogen-bond donors (Lipinski definition) is 0. The third-order valence-electron chi connectivity index (χ3n) is 4.63. The molecule has 3 aromatic rings. The van der Waals surface area contributed by atoms with Crippen LogP contribution in [0.5, 0.6) is 11.5 Å². The maximum atomic E-state index is 12.9. The number of esters is 1. The fourth-order valence-electron chi connectivity index (χ4n) is 3.15. The first-order valence-corrected chi connectivity index (χ1v) is 8.83. The molecule has 0 aliphatic heterocycles. The van der Waals surface area contributed by atoms with Crippen molar-refractivity contribution in [2.75, 3.05) is 21.3 Å². The van der Waals surface area contributed by atoms with Gasteiger partial charge in [0.05, 0.1) is 27.2 Å². The van der Waals surface area contributed by atoms with Gasteiger partial charge < -0.3 is 18.6 Å². The van der Waals surface area contributed by atoms with Crippen LogP contribution in [0.3, 0.4) is 0 Å². The monoisotopic (exact) mass is 396 g/mol. The molecule has 0 aliphatic rings. The van der Waals surface area contributed by atoms with Crippen LogP contribution in [0.15, 0.2) is 57.7 Å². The summed E-state index contributed by atoms with van der Waals surface area (Å²) in [5, 5.41) is 0.527. The topological polar surface area (TPSA) is 92.0 Å². The second-order valence-corrected chi connectivity index (χ2v) is 6.32. The van der Waals surface area contributed by atoms with Crippen LogP contribution < -0.4 is 15.1 Å². The molecule has 2 aromatic carbocycles. The van der Waals surface area contributed by atoms with Crippen LogP contribution in [0, 0.1) is 0 Å². The minimum Gasteiger partial charge on any atom is -0.497 e. The average Bonchev–Trinajstić information content (AvgIpc) is 2.75. The van der Waals surface area contributed by atoms with Crippen LogP contribution in [0.4, 0.5) is 0 Å². The summed E-state index contributed by atoms with van der Waals surface area (Å²) in [7, 11) is 4.24. The van der Waals surface area contributed by atoms with E-state index < -0.39 is 17.5 Å². The first-order chi connectivity index (χ1) is 14.0. The van der Waals surface area contributed by atoms with E-state index in [0.29, 0.717) is 28.0 Å². The van der Waals surface area contributed by atoms with E-state index in [1.807, 2.05) is 0 Å². The fraction of sp³-hybridized carbons (Fsp3) is 0.227. The van der Waals surface area contributed by atoms with Gasteiger partial charge in [0.2, 0.25) is 0 Å². The quantitative estimate of drug-likeness (QED) is 0.344. The molecule has 1 heterocycles. The van der Waals surface area contributed by atoms with Crippen LogP contribution in [0.1, 0.15) is 28.3 Å². The summed E-state index contributed by atoms with van der Waals surface area (Å²) in [6.45, 7) is 0. The molecule has 0 saturated heterocycles. The summed E-state index contributed by atoms with van der Waals surface area (Å²) in [6.07, 6.45) is -0.176. The van der Waals surface area contributed by atoms with E-state index in [2.05, 4.69) is 0 Å². The van der Waals surface area contributed by atoms with Crippen molar-refractivity contribution >= 4 is 22.7 Å². The first kappa shape index (κ1) is 20.1. The second kappa shape index (κ2) is 8.60. The SMILES string of the molecule is COC(=O)C(CC(=O)c1cccc(OC)c1)c1cc(=O)oc2cc(OC)ccc12. The van der Waals surface area contributed by atoms with Crippen molar-refractivity contribution in [2.24, 2.45) is 0 Å². The number of carbonyl (C=O) groups is 2. The van der Waals surface area contributed by atoms with Crippen LogP contribution in [0.25, 0.3) is 11.0 Å². The molecular weight excluding hydrogens is 376 g/mol. The summed E-state index contributed by atoms with van der Waals surface area (Å²) < 4.78 is 20.5. The van der Waals surface area contributed by atoms with Gasteiger partial charge in [0, 0.05) is 29.5 Å². The van der Waals surface area contributed by atoms with Crippen LogP contribution in [-0.4, -0.2) is 33.1 Å². The highest BCUT2D eigenvalue weighted by atomic mass is 16.5. The predicted octanol–water partition coefficient (Wildman–Crippen LogP) is 3.34. The number of carbonyl (C=O) groups excluding carboxylic acids is 2. The van der Waals surface area contributed by atoms with Gasteiger partial charge in [-0.05, 0) is 29.8 Å². The van der Waals surface area contributed by atoms with Gasteiger partial charge in [-0.15, -0.1) is 0 Å². The third-order valence-corrected chi connectivity index (χ3v) is 4.63. The summed E-state index contributed by atoms with van der Waals surface area (Å²) in [5.41, 5.74) is 0.382. The minimum atomic E-state index is -0.973. The molecule has 0 saturated carbocycles. The number of ketones is 1.